The average molecular weight is 624 g/mol. The van der Waals surface area contributed by atoms with Crippen molar-refractivity contribution in [3.05, 3.63) is 149 Å². The van der Waals surface area contributed by atoms with Crippen LogP contribution in [-0.4, -0.2) is 48.7 Å². The maximum Gasteiger partial charge on any atom is 0.261 e. The SMILES string of the molecule is Cc1ccccc1-c1ccccc1C(=O)Nc1ccccc1C(=O)N(C)c1ccccc1OCCCN1C(=O)c2ccccc2C1=O. The third kappa shape index (κ3) is 6.26. The highest BCUT2D eigenvalue weighted by Crippen LogP contribution is 2.31. The number of para-hydroxylation sites is 3. The van der Waals surface area contributed by atoms with Gasteiger partial charge in [0.1, 0.15) is 5.75 Å². The second-order valence-electron chi connectivity index (χ2n) is 11.2. The first-order valence-corrected chi connectivity index (χ1v) is 15.4. The smallest absolute Gasteiger partial charge is 0.261 e. The maximum atomic E-state index is 13.9. The van der Waals surface area contributed by atoms with E-state index in [0.29, 0.717) is 45.8 Å². The van der Waals surface area contributed by atoms with Crippen molar-refractivity contribution in [2.75, 3.05) is 30.4 Å². The minimum absolute atomic E-state index is 0.212. The lowest BCUT2D eigenvalue weighted by Gasteiger charge is -2.22. The van der Waals surface area contributed by atoms with Gasteiger partial charge in [-0.1, -0.05) is 78.9 Å². The van der Waals surface area contributed by atoms with Gasteiger partial charge >= 0.3 is 0 Å². The van der Waals surface area contributed by atoms with E-state index in [1.807, 2.05) is 49.4 Å². The molecule has 0 atom stereocenters. The Morgan fingerprint density at radius 1 is 0.681 bits per heavy atom. The number of benzene rings is 5. The number of amides is 4. The van der Waals surface area contributed by atoms with E-state index in [-0.39, 0.29) is 36.8 Å². The molecule has 8 nitrogen and oxygen atoms in total. The number of ether oxygens (including phenoxy) is 1. The van der Waals surface area contributed by atoms with Crippen molar-refractivity contribution in [1.29, 1.82) is 0 Å². The van der Waals surface area contributed by atoms with Crippen LogP contribution < -0.4 is 15.0 Å². The molecule has 0 spiro atoms. The van der Waals surface area contributed by atoms with Crippen LogP contribution in [0.2, 0.25) is 0 Å². The van der Waals surface area contributed by atoms with Gasteiger partial charge in [0, 0.05) is 19.2 Å². The molecule has 8 heteroatoms. The Balaban J connectivity index is 1.15. The molecule has 0 aromatic heterocycles. The number of aryl methyl sites for hydroxylation is 1. The third-order valence-corrected chi connectivity index (χ3v) is 8.21. The topological polar surface area (TPSA) is 96.0 Å². The molecule has 1 aliphatic heterocycles. The summed E-state index contributed by atoms with van der Waals surface area (Å²) in [6.07, 6.45) is 0.413. The van der Waals surface area contributed by atoms with Crippen LogP contribution >= 0.6 is 0 Å². The number of fused-ring (bicyclic) bond motifs is 1. The van der Waals surface area contributed by atoms with Gasteiger partial charge < -0.3 is 15.0 Å². The summed E-state index contributed by atoms with van der Waals surface area (Å²) < 4.78 is 6.06. The van der Waals surface area contributed by atoms with E-state index < -0.39 is 0 Å². The molecular weight excluding hydrogens is 590 g/mol. The van der Waals surface area contributed by atoms with Crippen LogP contribution in [-0.2, 0) is 0 Å². The van der Waals surface area contributed by atoms with E-state index >= 15 is 0 Å². The quantitative estimate of drug-likeness (QED) is 0.131. The lowest BCUT2D eigenvalue weighted by molar-refractivity contribution is 0.0646. The molecule has 5 aromatic rings. The molecule has 0 bridgehead atoms. The predicted molar refractivity (Wildman–Crippen MR) is 182 cm³/mol. The predicted octanol–water partition coefficient (Wildman–Crippen LogP) is 7.26. The molecule has 1 N–H and O–H groups in total. The first kappa shape index (κ1) is 31.0. The van der Waals surface area contributed by atoms with E-state index in [9.17, 15) is 19.2 Å². The van der Waals surface area contributed by atoms with Crippen LogP contribution in [0.4, 0.5) is 11.4 Å². The lowest BCUT2D eigenvalue weighted by Crippen LogP contribution is -2.31. The van der Waals surface area contributed by atoms with Gasteiger partial charge in [0.15, 0.2) is 0 Å². The van der Waals surface area contributed by atoms with Gasteiger partial charge in [0.25, 0.3) is 23.6 Å². The van der Waals surface area contributed by atoms with Gasteiger partial charge in [0.05, 0.1) is 34.7 Å². The molecule has 234 valence electrons. The van der Waals surface area contributed by atoms with Gasteiger partial charge in [0.2, 0.25) is 0 Å². The van der Waals surface area contributed by atoms with Crippen molar-refractivity contribution < 1.29 is 23.9 Å². The standard InChI is InChI=1S/C39H33N3O5/c1-26-14-3-4-15-27(26)28-16-5-6-17-29(28)36(43)40-33-21-10-9-20-32(33)37(44)41(2)34-22-11-12-23-35(34)47-25-13-24-42-38(45)30-18-7-8-19-31(30)39(42)46/h3-12,14-23H,13,24-25H2,1-2H3,(H,40,43). The number of hydrogen-bond acceptors (Lipinski definition) is 5. The number of hydrogen-bond donors (Lipinski definition) is 1. The average Bonchev–Trinajstić information content (AvgIpc) is 3.35. The summed E-state index contributed by atoms with van der Waals surface area (Å²) >= 11 is 0. The zero-order valence-corrected chi connectivity index (χ0v) is 26.1. The normalized spacial score (nSPS) is 12.1. The number of imide groups is 1. The van der Waals surface area contributed by atoms with E-state index in [0.717, 1.165) is 16.7 Å². The molecular formula is C39H33N3O5. The van der Waals surface area contributed by atoms with Crippen LogP contribution in [0, 0.1) is 6.92 Å². The second kappa shape index (κ2) is 13.5. The van der Waals surface area contributed by atoms with Crippen molar-refractivity contribution in [3.63, 3.8) is 0 Å². The third-order valence-electron chi connectivity index (χ3n) is 8.21. The van der Waals surface area contributed by atoms with Crippen molar-refractivity contribution >= 4 is 35.0 Å². The van der Waals surface area contributed by atoms with Crippen LogP contribution in [0.3, 0.4) is 0 Å². The number of anilines is 2. The highest BCUT2D eigenvalue weighted by atomic mass is 16.5. The maximum absolute atomic E-state index is 13.9. The molecule has 0 radical (unpaired) electrons. The summed E-state index contributed by atoms with van der Waals surface area (Å²) in [6.45, 7) is 2.44. The fourth-order valence-electron chi connectivity index (χ4n) is 5.75. The number of carbonyl (C=O) groups excluding carboxylic acids is 4. The van der Waals surface area contributed by atoms with Crippen molar-refractivity contribution in [1.82, 2.24) is 4.90 Å². The van der Waals surface area contributed by atoms with E-state index in [2.05, 4.69) is 5.32 Å². The molecule has 0 saturated carbocycles. The second-order valence-corrected chi connectivity index (χ2v) is 11.2. The number of carbonyl (C=O) groups is 4. The Kier molecular flexibility index (Phi) is 8.93. The number of rotatable bonds is 10. The summed E-state index contributed by atoms with van der Waals surface area (Å²) in [6, 6.07) is 36.1. The Hall–Kier alpha value is -6.02. The molecule has 0 saturated heterocycles. The molecule has 6 rings (SSSR count). The van der Waals surface area contributed by atoms with Gasteiger partial charge in [-0.05, 0) is 72.5 Å². The van der Waals surface area contributed by atoms with Crippen LogP contribution in [0.1, 0.15) is 53.4 Å². The molecule has 47 heavy (non-hydrogen) atoms. The summed E-state index contributed by atoms with van der Waals surface area (Å²) in [4.78, 5) is 55.6. The van der Waals surface area contributed by atoms with Gasteiger partial charge in [-0.2, -0.15) is 0 Å². The fourth-order valence-corrected chi connectivity index (χ4v) is 5.75. The summed E-state index contributed by atoms with van der Waals surface area (Å²) in [5.41, 5.74) is 5.37. The van der Waals surface area contributed by atoms with E-state index in [1.54, 1.807) is 85.9 Å². The molecule has 1 aliphatic rings. The Morgan fingerprint density at radius 3 is 1.94 bits per heavy atom. The van der Waals surface area contributed by atoms with Gasteiger partial charge in [-0.25, -0.2) is 0 Å². The van der Waals surface area contributed by atoms with Gasteiger partial charge in [-0.3, -0.25) is 24.1 Å². The number of nitrogens with one attached hydrogen (secondary N) is 1. The summed E-state index contributed by atoms with van der Waals surface area (Å²) in [5, 5.41) is 2.96. The highest BCUT2D eigenvalue weighted by Gasteiger charge is 2.34. The minimum Gasteiger partial charge on any atom is -0.491 e. The Bertz CT molecular complexity index is 1970. The first-order valence-electron chi connectivity index (χ1n) is 15.4. The highest BCUT2D eigenvalue weighted by molar-refractivity contribution is 6.21. The molecule has 5 aromatic carbocycles. The monoisotopic (exact) mass is 623 g/mol. The van der Waals surface area contributed by atoms with E-state index in [1.165, 1.54) is 9.80 Å². The van der Waals surface area contributed by atoms with E-state index in [4.69, 9.17) is 4.74 Å². The fraction of sp³-hybridized carbons (Fsp3) is 0.128. The summed E-state index contributed by atoms with van der Waals surface area (Å²) in [7, 11) is 1.65. The molecule has 0 fully saturated rings. The molecule has 4 amide bonds. The zero-order chi connectivity index (χ0) is 32.9. The van der Waals surface area contributed by atoms with Gasteiger partial charge in [-0.15, -0.1) is 0 Å². The van der Waals surface area contributed by atoms with Crippen molar-refractivity contribution in [3.8, 4) is 16.9 Å². The molecule has 0 aliphatic carbocycles. The van der Waals surface area contributed by atoms with Crippen molar-refractivity contribution in [2.24, 2.45) is 0 Å². The largest absolute Gasteiger partial charge is 0.491 e. The zero-order valence-electron chi connectivity index (χ0n) is 26.1. The lowest BCUT2D eigenvalue weighted by atomic mass is 9.95. The first-order chi connectivity index (χ1) is 22.8. The Labute approximate surface area is 273 Å². The number of nitrogens with zero attached hydrogens (tertiary/aromatic N) is 2. The van der Waals surface area contributed by atoms with Crippen LogP contribution in [0.5, 0.6) is 5.75 Å². The molecule has 1 heterocycles. The summed E-state index contributed by atoms with van der Waals surface area (Å²) in [5.74, 6) is -0.801. The van der Waals surface area contributed by atoms with Crippen molar-refractivity contribution in [2.45, 2.75) is 13.3 Å². The van der Waals surface area contributed by atoms with Crippen LogP contribution in [0.25, 0.3) is 11.1 Å². The minimum atomic E-state index is -0.338. The molecule has 0 unspecified atom stereocenters. The Morgan fingerprint density at radius 2 is 1.23 bits per heavy atom. The van der Waals surface area contributed by atoms with Crippen LogP contribution in [0.15, 0.2) is 121 Å².